The molecule has 13 heteroatoms. The van der Waals surface area contributed by atoms with Gasteiger partial charge in [0.15, 0.2) is 15.0 Å². The first-order valence-corrected chi connectivity index (χ1v) is 13.5. The maximum Gasteiger partial charge on any atom is 0.270 e. The summed E-state index contributed by atoms with van der Waals surface area (Å²) >= 11 is 7.01. The molecule has 0 saturated carbocycles. The van der Waals surface area contributed by atoms with Gasteiger partial charge in [0.1, 0.15) is 0 Å². The van der Waals surface area contributed by atoms with Gasteiger partial charge in [0.2, 0.25) is 5.91 Å². The first-order valence-electron chi connectivity index (χ1n) is 10.7. The predicted octanol–water partition coefficient (Wildman–Crippen LogP) is 4.82. The number of aromatic nitrogens is 1. The highest BCUT2D eigenvalue weighted by Gasteiger charge is 2.24. The van der Waals surface area contributed by atoms with Crippen LogP contribution in [0.1, 0.15) is 20.3 Å². The van der Waals surface area contributed by atoms with E-state index in [-0.39, 0.29) is 41.1 Å². The molecule has 0 atom stereocenters. The zero-order chi connectivity index (χ0) is 24.9. The number of rotatable bonds is 11. The van der Waals surface area contributed by atoms with Crippen LogP contribution in [0.5, 0.6) is 0 Å². The number of halogens is 2. The van der Waals surface area contributed by atoms with E-state index in [9.17, 15) is 23.3 Å². The lowest BCUT2D eigenvalue weighted by Crippen LogP contribution is -2.39. The van der Waals surface area contributed by atoms with Gasteiger partial charge in [-0.25, -0.2) is 13.4 Å². The number of nitro benzene ring substituents is 1. The minimum absolute atomic E-state index is 0. The number of hydrogen-bond acceptors (Lipinski definition) is 8. The molecule has 2 aromatic carbocycles. The summed E-state index contributed by atoms with van der Waals surface area (Å²) < 4.78 is 26.0. The topological polar surface area (TPSA) is 114 Å². The molecule has 0 radical (unpaired) electrons. The molecular formula is C22H26Cl2N4O5S2. The molecule has 1 aromatic heterocycles. The van der Waals surface area contributed by atoms with Gasteiger partial charge in [0.25, 0.3) is 5.69 Å². The van der Waals surface area contributed by atoms with Crippen LogP contribution in [-0.4, -0.2) is 61.1 Å². The summed E-state index contributed by atoms with van der Waals surface area (Å²) in [4.78, 5) is 32.0. The summed E-state index contributed by atoms with van der Waals surface area (Å²) in [6.45, 7) is 6.55. The summed E-state index contributed by atoms with van der Waals surface area (Å²) in [6.07, 6.45) is -0.223. The van der Waals surface area contributed by atoms with E-state index in [4.69, 9.17) is 11.6 Å². The van der Waals surface area contributed by atoms with Crippen molar-refractivity contribution in [2.45, 2.75) is 25.2 Å². The van der Waals surface area contributed by atoms with Gasteiger partial charge in [0, 0.05) is 36.7 Å². The number of nitrogens with zero attached hydrogens (tertiary/aromatic N) is 4. The third kappa shape index (κ3) is 7.34. The minimum atomic E-state index is -3.68. The zero-order valence-electron chi connectivity index (χ0n) is 19.2. The van der Waals surface area contributed by atoms with Gasteiger partial charge in [-0.05, 0) is 43.4 Å². The van der Waals surface area contributed by atoms with E-state index in [1.165, 1.54) is 52.6 Å². The number of nitro groups is 1. The van der Waals surface area contributed by atoms with Gasteiger partial charge >= 0.3 is 0 Å². The number of anilines is 1. The van der Waals surface area contributed by atoms with Crippen LogP contribution in [-0.2, 0) is 14.6 Å². The summed E-state index contributed by atoms with van der Waals surface area (Å²) in [6, 6.07) is 10.2. The molecule has 0 fully saturated rings. The first-order chi connectivity index (χ1) is 16.1. The Balaban J connectivity index is 0.00000432. The molecular weight excluding hydrogens is 535 g/mol. The van der Waals surface area contributed by atoms with E-state index in [1.807, 2.05) is 13.8 Å². The number of benzene rings is 2. The highest BCUT2D eigenvalue weighted by molar-refractivity contribution is 7.91. The number of hydrogen-bond donors (Lipinski definition) is 0. The van der Waals surface area contributed by atoms with Crippen LogP contribution in [0.4, 0.5) is 10.8 Å². The van der Waals surface area contributed by atoms with E-state index in [0.29, 0.717) is 33.5 Å². The van der Waals surface area contributed by atoms with E-state index in [2.05, 4.69) is 9.88 Å². The molecule has 35 heavy (non-hydrogen) atoms. The maximum absolute atomic E-state index is 13.2. The Bertz CT molecular complexity index is 1280. The van der Waals surface area contributed by atoms with Crippen LogP contribution in [0.25, 0.3) is 10.2 Å². The van der Waals surface area contributed by atoms with Crippen molar-refractivity contribution in [3.8, 4) is 0 Å². The molecule has 9 nitrogen and oxygen atoms in total. The summed E-state index contributed by atoms with van der Waals surface area (Å²) in [5.74, 6) is -0.732. The summed E-state index contributed by atoms with van der Waals surface area (Å²) in [5, 5.41) is 11.9. The fourth-order valence-corrected chi connectivity index (χ4v) is 5.75. The fourth-order valence-electron chi connectivity index (χ4n) is 3.35. The monoisotopic (exact) mass is 560 g/mol. The lowest BCUT2D eigenvalue weighted by atomic mass is 10.3. The second-order valence-corrected chi connectivity index (χ2v) is 11.1. The predicted molar refractivity (Wildman–Crippen MR) is 142 cm³/mol. The largest absolute Gasteiger partial charge is 0.302 e. The van der Waals surface area contributed by atoms with Crippen LogP contribution >= 0.6 is 35.3 Å². The van der Waals surface area contributed by atoms with Crippen molar-refractivity contribution in [3.05, 3.63) is 57.6 Å². The lowest BCUT2D eigenvalue weighted by Gasteiger charge is -2.24. The van der Waals surface area contributed by atoms with E-state index < -0.39 is 14.8 Å². The Kier molecular flexibility index (Phi) is 10.4. The second-order valence-electron chi connectivity index (χ2n) is 7.50. The fraction of sp³-hybridized carbons (Fsp3) is 0.364. The molecule has 3 rings (SSSR count). The number of carbonyl (C=O) groups is 1. The molecule has 190 valence electrons. The molecule has 0 unspecified atom stereocenters. The van der Waals surface area contributed by atoms with E-state index in [1.54, 1.807) is 6.07 Å². The molecule has 1 amide bonds. The Morgan fingerprint density at radius 3 is 2.37 bits per heavy atom. The van der Waals surface area contributed by atoms with Crippen LogP contribution in [0, 0.1) is 10.1 Å². The van der Waals surface area contributed by atoms with Gasteiger partial charge < -0.3 is 4.90 Å². The Hall–Kier alpha value is -2.31. The number of sulfone groups is 1. The van der Waals surface area contributed by atoms with Gasteiger partial charge in [-0.3, -0.25) is 19.8 Å². The maximum atomic E-state index is 13.2. The number of thiazole rings is 1. The van der Waals surface area contributed by atoms with Crippen molar-refractivity contribution in [1.29, 1.82) is 0 Å². The SMILES string of the molecule is CCN(CC)CCN(C(=O)CCS(=O)(=O)c1ccc(Cl)cc1)c1nc2ccc([N+](=O)[O-])cc2s1.Cl. The summed E-state index contributed by atoms with van der Waals surface area (Å²) in [7, 11) is -3.68. The van der Waals surface area contributed by atoms with Crippen molar-refractivity contribution < 1.29 is 18.1 Å². The zero-order valence-corrected chi connectivity index (χ0v) is 22.4. The number of carbonyl (C=O) groups excluding carboxylic acids is 1. The molecule has 0 aliphatic heterocycles. The number of non-ortho nitro benzene ring substituents is 1. The van der Waals surface area contributed by atoms with Crippen molar-refractivity contribution in [2.24, 2.45) is 0 Å². The third-order valence-corrected chi connectivity index (χ3v) is 8.42. The van der Waals surface area contributed by atoms with Gasteiger partial charge in [-0.2, -0.15) is 0 Å². The Morgan fingerprint density at radius 1 is 1.11 bits per heavy atom. The molecule has 0 aliphatic rings. The van der Waals surface area contributed by atoms with Crippen molar-refractivity contribution in [3.63, 3.8) is 0 Å². The number of amides is 1. The highest BCUT2D eigenvalue weighted by atomic mass is 35.5. The molecule has 0 aliphatic carbocycles. The minimum Gasteiger partial charge on any atom is -0.302 e. The van der Waals surface area contributed by atoms with E-state index in [0.717, 1.165) is 13.1 Å². The molecule has 0 bridgehead atoms. The standard InChI is InChI=1S/C22H25ClN4O5S2.ClH/c1-3-25(4-2)12-13-26(22-24-19-10-7-17(27(29)30)15-20(19)33-22)21(28)11-14-34(31,32)18-8-5-16(23)6-9-18;/h5-10,15H,3-4,11-14H2,1-2H3;1H. The average Bonchev–Trinajstić information content (AvgIpc) is 3.23. The number of fused-ring (bicyclic) bond motifs is 1. The van der Waals surface area contributed by atoms with Crippen LogP contribution < -0.4 is 4.90 Å². The summed E-state index contributed by atoms with van der Waals surface area (Å²) in [5.41, 5.74) is 0.484. The van der Waals surface area contributed by atoms with E-state index >= 15 is 0 Å². The lowest BCUT2D eigenvalue weighted by molar-refractivity contribution is -0.384. The normalized spacial score (nSPS) is 11.4. The van der Waals surface area contributed by atoms with Crippen molar-refractivity contribution >= 4 is 72.1 Å². The van der Waals surface area contributed by atoms with Gasteiger partial charge in [-0.15, -0.1) is 12.4 Å². The van der Waals surface area contributed by atoms with Crippen LogP contribution in [0.2, 0.25) is 5.02 Å². The van der Waals surface area contributed by atoms with Gasteiger partial charge in [0.05, 0.1) is 25.8 Å². The molecule has 0 N–H and O–H groups in total. The average molecular weight is 562 g/mol. The molecule has 3 aromatic rings. The highest BCUT2D eigenvalue weighted by Crippen LogP contribution is 2.32. The van der Waals surface area contributed by atoms with Crippen molar-refractivity contribution in [1.82, 2.24) is 9.88 Å². The first kappa shape index (κ1) is 28.9. The Morgan fingerprint density at radius 2 is 1.77 bits per heavy atom. The molecule has 0 spiro atoms. The quantitative estimate of drug-likeness (QED) is 0.244. The van der Waals surface area contributed by atoms with Crippen LogP contribution in [0.3, 0.4) is 0 Å². The molecule has 1 heterocycles. The second kappa shape index (κ2) is 12.6. The smallest absolute Gasteiger partial charge is 0.270 e. The third-order valence-electron chi connectivity index (χ3n) is 5.40. The molecule has 0 saturated heterocycles. The number of likely N-dealkylation sites (N-methyl/N-ethyl adjacent to an activating group) is 1. The van der Waals surface area contributed by atoms with Gasteiger partial charge in [-0.1, -0.05) is 36.8 Å². The van der Waals surface area contributed by atoms with Crippen molar-refractivity contribution in [2.75, 3.05) is 36.8 Å². The Labute approximate surface area is 219 Å². The van der Waals surface area contributed by atoms with Crippen LogP contribution in [0.15, 0.2) is 47.4 Å².